The number of carbonyl (C=O) groups is 1. The molecule has 1 unspecified atom stereocenters. The fourth-order valence-electron chi connectivity index (χ4n) is 2.51. The maximum absolute atomic E-state index is 11.2. The lowest BCUT2D eigenvalue weighted by molar-refractivity contribution is -0.154. The lowest BCUT2D eigenvalue weighted by atomic mass is 9.92. The van der Waals surface area contributed by atoms with Gasteiger partial charge in [-0.25, -0.2) is 4.79 Å². The highest BCUT2D eigenvalue weighted by Crippen LogP contribution is 2.27. The van der Waals surface area contributed by atoms with Crippen molar-refractivity contribution in [1.29, 1.82) is 0 Å². The molecule has 0 radical (unpaired) electrons. The van der Waals surface area contributed by atoms with Gasteiger partial charge in [0.15, 0.2) is 0 Å². The lowest BCUT2D eigenvalue weighted by Crippen LogP contribution is -2.33. The molecular weight excluding hydrogens is 224 g/mol. The zero-order valence-corrected chi connectivity index (χ0v) is 12.0. The summed E-state index contributed by atoms with van der Waals surface area (Å²) >= 11 is 0. The van der Waals surface area contributed by atoms with Crippen LogP contribution >= 0.6 is 0 Å². The molecular formula is C16H28O2. The SMILES string of the molecule is CCCCCCCCCCC1(C)CC=CC(=O)O1. The average molecular weight is 252 g/mol. The Morgan fingerprint density at radius 2 is 1.72 bits per heavy atom. The fraction of sp³-hybridized carbons (Fsp3) is 0.812. The van der Waals surface area contributed by atoms with Crippen LogP contribution in [0.1, 0.15) is 78.1 Å². The molecule has 0 aromatic carbocycles. The monoisotopic (exact) mass is 252 g/mol. The van der Waals surface area contributed by atoms with Gasteiger partial charge in [-0.1, -0.05) is 57.9 Å². The highest BCUT2D eigenvalue weighted by Gasteiger charge is 2.28. The third-order valence-corrected chi connectivity index (χ3v) is 3.71. The van der Waals surface area contributed by atoms with E-state index < -0.39 is 0 Å². The first-order chi connectivity index (χ1) is 8.66. The Bertz CT molecular complexity index is 270. The number of hydrogen-bond acceptors (Lipinski definition) is 2. The smallest absolute Gasteiger partial charge is 0.330 e. The predicted molar refractivity (Wildman–Crippen MR) is 75.5 cm³/mol. The molecule has 0 spiro atoms. The third kappa shape index (κ3) is 6.23. The Hall–Kier alpha value is -0.790. The highest BCUT2D eigenvalue weighted by molar-refractivity contribution is 5.83. The number of esters is 1. The Labute approximate surface area is 112 Å². The van der Waals surface area contributed by atoms with Crippen molar-refractivity contribution in [2.24, 2.45) is 0 Å². The van der Waals surface area contributed by atoms with Crippen LogP contribution in [0.15, 0.2) is 12.2 Å². The summed E-state index contributed by atoms with van der Waals surface area (Å²) < 4.78 is 5.41. The average Bonchev–Trinajstić information content (AvgIpc) is 2.32. The van der Waals surface area contributed by atoms with Crippen LogP contribution in [0.4, 0.5) is 0 Å². The standard InChI is InChI=1S/C16H28O2/c1-3-4-5-6-7-8-9-10-13-16(2)14-11-12-15(17)18-16/h11-12H,3-10,13-14H2,1-2H3. The van der Waals surface area contributed by atoms with E-state index in [4.69, 9.17) is 4.74 Å². The Kier molecular flexibility index (Phi) is 7.07. The van der Waals surface area contributed by atoms with Crippen molar-refractivity contribution >= 4 is 5.97 Å². The summed E-state index contributed by atoms with van der Waals surface area (Å²) in [6, 6.07) is 0. The summed E-state index contributed by atoms with van der Waals surface area (Å²) in [6.07, 6.45) is 15.9. The number of rotatable bonds is 9. The van der Waals surface area contributed by atoms with Crippen LogP contribution in [0.2, 0.25) is 0 Å². The van der Waals surface area contributed by atoms with Crippen molar-refractivity contribution in [2.45, 2.75) is 83.7 Å². The molecule has 0 aliphatic carbocycles. The van der Waals surface area contributed by atoms with Gasteiger partial charge in [0.1, 0.15) is 5.60 Å². The number of unbranched alkanes of at least 4 members (excludes halogenated alkanes) is 7. The van der Waals surface area contributed by atoms with Gasteiger partial charge < -0.3 is 4.74 Å². The van der Waals surface area contributed by atoms with Crippen molar-refractivity contribution in [1.82, 2.24) is 0 Å². The summed E-state index contributed by atoms with van der Waals surface area (Å²) in [5.74, 6) is -0.177. The number of hydrogen-bond donors (Lipinski definition) is 0. The van der Waals surface area contributed by atoms with E-state index >= 15 is 0 Å². The molecule has 2 heteroatoms. The van der Waals surface area contributed by atoms with Crippen LogP contribution in [0.25, 0.3) is 0 Å². The molecule has 18 heavy (non-hydrogen) atoms. The summed E-state index contributed by atoms with van der Waals surface area (Å²) in [5, 5.41) is 0. The lowest BCUT2D eigenvalue weighted by Gasteiger charge is -2.30. The van der Waals surface area contributed by atoms with Crippen LogP contribution in [-0.2, 0) is 9.53 Å². The molecule has 2 nitrogen and oxygen atoms in total. The van der Waals surface area contributed by atoms with Gasteiger partial charge in [0.05, 0.1) is 0 Å². The second-order valence-corrected chi connectivity index (χ2v) is 5.70. The van der Waals surface area contributed by atoms with Gasteiger partial charge in [-0.2, -0.15) is 0 Å². The summed E-state index contributed by atoms with van der Waals surface area (Å²) in [5.41, 5.74) is -0.242. The Morgan fingerprint density at radius 1 is 1.11 bits per heavy atom. The van der Waals surface area contributed by atoms with Gasteiger partial charge in [0.25, 0.3) is 0 Å². The molecule has 1 rings (SSSR count). The van der Waals surface area contributed by atoms with E-state index in [9.17, 15) is 4.79 Å². The van der Waals surface area contributed by atoms with Crippen LogP contribution in [0.5, 0.6) is 0 Å². The molecule has 0 fully saturated rings. The van der Waals surface area contributed by atoms with Gasteiger partial charge >= 0.3 is 5.97 Å². The minimum Gasteiger partial charge on any atom is -0.456 e. The fourth-order valence-corrected chi connectivity index (χ4v) is 2.51. The Balaban J connectivity index is 2.00. The van der Waals surface area contributed by atoms with Gasteiger partial charge in [-0.3, -0.25) is 0 Å². The van der Waals surface area contributed by atoms with Crippen LogP contribution in [0, 0.1) is 0 Å². The van der Waals surface area contributed by atoms with E-state index in [2.05, 4.69) is 13.8 Å². The molecule has 1 aliphatic rings. The van der Waals surface area contributed by atoms with Crippen molar-refractivity contribution in [3.63, 3.8) is 0 Å². The minimum atomic E-state index is -0.242. The zero-order valence-electron chi connectivity index (χ0n) is 12.0. The maximum Gasteiger partial charge on any atom is 0.330 e. The zero-order chi connectivity index (χ0) is 13.3. The van der Waals surface area contributed by atoms with Gasteiger partial charge in [0.2, 0.25) is 0 Å². The Morgan fingerprint density at radius 3 is 2.33 bits per heavy atom. The van der Waals surface area contributed by atoms with Gasteiger partial charge in [0, 0.05) is 12.5 Å². The molecule has 0 amide bonds. The highest BCUT2D eigenvalue weighted by atomic mass is 16.6. The second kappa shape index (κ2) is 8.34. The first-order valence-corrected chi connectivity index (χ1v) is 7.56. The largest absolute Gasteiger partial charge is 0.456 e. The normalized spacial score (nSPS) is 23.1. The first kappa shape index (κ1) is 15.3. The molecule has 0 N–H and O–H groups in total. The van der Waals surface area contributed by atoms with Gasteiger partial charge in [-0.05, 0) is 19.8 Å². The second-order valence-electron chi connectivity index (χ2n) is 5.70. The number of ether oxygens (including phenoxy) is 1. The van der Waals surface area contributed by atoms with E-state index in [1.165, 1.54) is 57.4 Å². The van der Waals surface area contributed by atoms with E-state index in [1.54, 1.807) is 0 Å². The molecule has 0 saturated heterocycles. The molecule has 1 heterocycles. The molecule has 0 saturated carbocycles. The van der Waals surface area contributed by atoms with E-state index in [0.29, 0.717) is 0 Å². The van der Waals surface area contributed by atoms with Crippen molar-refractivity contribution in [3.05, 3.63) is 12.2 Å². The van der Waals surface area contributed by atoms with E-state index in [-0.39, 0.29) is 11.6 Å². The maximum atomic E-state index is 11.2. The minimum absolute atomic E-state index is 0.177. The summed E-state index contributed by atoms with van der Waals surface area (Å²) in [4.78, 5) is 11.2. The van der Waals surface area contributed by atoms with E-state index in [0.717, 1.165) is 12.8 Å². The van der Waals surface area contributed by atoms with E-state index in [1.807, 2.05) is 6.08 Å². The quantitative estimate of drug-likeness (QED) is 0.436. The number of cyclic esters (lactones) is 1. The van der Waals surface area contributed by atoms with Crippen LogP contribution < -0.4 is 0 Å². The predicted octanol–water partition coefficient (Wildman–Crippen LogP) is 4.78. The molecule has 1 aliphatic heterocycles. The summed E-state index contributed by atoms with van der Waals surface area (Å²) in [7, 11) is 0. The third-order valence-electron chi connectivity index (χ3n) is 3.71. The molecule has 0 bridgehead atoms. The molecule has 104 valence electrons. The topological polar surface area (TPSA) is 26.3 Å². The van der Waals surface area contributed by atoms with Gasteiger partial charge in [-0.15, -0.1) is 0 Å². The van der Waals surface area contributed by atoms with Crippen molar-refractivity contribution < 1.29 is 9.53 Å². The number of carbonyl (C=O) groups excluding carboxylic acids is 1. The van der Waals surface area contributed by atoms with Crippen molar-refractivity contribution in [2.75, 3.05) is 0 Å². The van der Waals surface area contributed by atoms with Crippen LogP contribution in [0.3, 0.4) is 0 Å². The van der Waals surface area contributed by atoms with Crippen molar-refractivity contribution in [3.8, 4) is 0 Å². The molecule has 0 aromatic heterocycles. The molecule has 0 aromatic rings. The molecule has 1 atom stereocenters. The first-order valence-electron chi connectivity index (χ1n) is 7.56. The summed E-state index contributed by atoms with van der Waals surface area (Å²) in [6.45, 7) is 4.30. The van der Waals surface area contributed by atoms with Crippen LogP contribution in [-0.4, -0.2) is 11.6 Å².